The summed E-state index contributed by atoms with van der Waals surface area (Å²) in [5.74, 6) is -0.217. The van der Waals surface area contributed by atoms with Gasteiger partial charge in [0.1, 0.15) is 5.00 Å². The number of rotatable bonds is 6. The Bertz CT molecular complexity index is 1010. The number of thiophene rings is 1. The lowest BCUT2D eigenvalue weighted by molar-refractivity contribution is -0.140. The van der Waals surface area contributed by atoms with E-state index in [2.05, 4.69) is 15.3 Å². The maximum absolute atomic E-state index is 12.9. The van der Waals surface area contributed by atoms with E-state index in [9.17, 15) is 14.4 Å². The molecule has 1 saturated heterocycles. The van der Waals surface area contributed by atoms with Gasteiger partial charge in [-0.3, -0.25) is 9.59 Å². The van der Waals surface area contributed by atoms with Crippen LogP contribution < -0.4 is 10.2 Å². The SMILES string of the molecule is Cc1sc(NC(=O)C2CC2)c(C(=O)OC(C)C(=O)N2CCN(c3ncccn3)CC2)c1C. The van der Waals surface area contributed by atoms with Crippen molar-refractivity contribution in [3.05, 3.63) is 34.5 Å². The number of piperazine rings is 1. The van der Waals surface area contributed by atoms with E-state index in [1.54, 1.807) is 30.3 Å². The molecular weight excluding hydrogens is 430 g/mol. The Labute approximate surface area is 190 Å². The van der Waals surface area contributed by atoms with Crippen LogP contribution in [0.15, 0.2) is 18.5 Å². The summed E-state index contributed by atoms with van der Waals surface area (Å²) in [6.07, 6.45) is 4.22. The molecule has 10 heteroatoms. The Morgan fingerprint density at radius 1 is 1.12 bits per heavy atom. The van der Waals surface area contributed by atoms with E-state index in [-0.39, 0.29) is 17.7 Å². The van der Waals surface area contributed by atoms with Gasteiger partial charge in [-0.1, -0.05) is 0 Å². The lowest BCUT2D eigenvalue weighted by Gasteiger charge is -2.35. The predicted molar refractivity (Wildman–Crippen MR) is 121 cm³/mol. The summed E-state index contributed by atoms with van der Waals surface area (Å²) < 4.78 is 5.54. The summed E-state index contributed by atoms with van der Waals surface area (Å²) in [6, 6.07) is 1.76. The molecule has 1 aliphatic carbocycles. The number of nitrogens with one attached hydrogen (secondary N) is 1. The maximum Gasteiger partial charge on any atom is 0.342 e. The highest BCUT2D eigenvalue weighted by atomic mass is 32.1. The molecular formula is C22H27N5O4S. The van der Waals surface area contributed by atoms with Crippen molar-refractivity contribution < 1.29 is 19.1 Å². The van der Waals surface area contributed by atoms with Crippen LogP contribution in [0.4, 0.5) is 10.9 Å². The van der Waals surface area contributed by atoms with E-state index in [1.165, 1.54) is 11.3 Å². The summed E-state index contributed by atoms with van der Waals surface area (Å²) >= 11 is 1.36. The van der Waals surface area contributed by atoms with Gasteiger partial charge in [-0.2, -0.15) is 0 Å². The monoisotopic (exact) mass is 457 g/mol. The Balaban J connectivity index is 1.36. The summed E-state index contributed by atoms with van der Waals surface area (Å²) in [5.41, 5.74) is 1.11. The highest BCUT2D eigenvalue weighted by molar-refractivity contribution is 7.16. The van der Waals surface area contributed by atoms with E-state index in [0.29, 0.717) is 42.7 Å². The first-order chi connectivity index (χ1) is 15.3. The Morgan fingerprint density at radius 2 is 1.78 bits per heavy atom. The zero-order chi connectivity index (χ0) is 22.8. The van der Waals surface area contributed by atoms with E-state index < -0.39 is 12.1 Å². The van der Waals surface area contributed by atoms with Crippen LogP contribution in [0.25, 0.3) is 0 Å². The quantitative estimate of drug-likeness (QED) is 0.664. The molecule has 1 N–H and O–H groups in total. The molecule has 0 spiro atoms. The van der Waals surface area contributed by atoms with Crippen molar-refractivity contribution in [1.29, 1.82) is 0 Å². The molecule has 1 unspecified atom stereocenters. The van der Waals surface area contributed by atoms with E-state index in [0.717, 1.165) is 23.3 Å². The number of hydrogen-bond acceptors (Lipinski definition) is 8. The van der Waals surface area contributed by atoms with Crippen molar-refractivity contribution in [2.45, 2.75) is 39.7 Å². The van der Waals surface area contributed by atoms with Gasteiger partial charge in [0.15, 0.2) is 6.10 Å². The summed E-state index contributed by atoms with van der Waals surface area (Å²) in [6.45, 7) is 7.52. The van der Waals surface area contributed by atoms with Crippen molar-refractivity contribution in [3.63, 3.8) is 0 Å². The summed E-state index contributed by atoms with van der Waals surface area (Å²) in [5, 5.41) is 3.37. The number of anilines is 2. The standard InChI is InChI=1S/C22H27N5O4S/c1-13-15(3)32-19(25-18(28)16-5-6-16)17(13)21(30)31-14(2)20(29)26-9-11-27(12-10-26)22-23-7-4-8-24-22/h4,7-8,14,16H,5-6,9-12H2,1-3H3,(H,25,28). The molecule has 1 atom stereocenters. The lowest BCUT2D eigenvalue weighted by atomic mass is 10.1. The van der Waals surface area contributed by atoms with Gasteiger partial charge >= 0.3 is 5.97 Å². The molecule has 0 bridgehead atoms. The zero-order valence-corrected chi connectivity index (χ0v) is 19.3. The van der Waals surface area contributed by atoms with Crippen LogP contribution in [0, 0.1) is 19.8 Å². The first-order valence-electron chi connectivity index (χ1n) is 10.8. The fourth-order valence-electron chi connectivity index (χ4n) is 3.63. The molecule has 1 aliphatic heterocycles. The number of aryl methyl sites for hydroxylation is 1. The zero-order valence-electron chi connectivity index (χ0n) is 18.5. The third-order valence-corrected chi connectivity index (χ3v) is 6.95. The molecule has 4 rings (SSSR count). The molecule has 170 valence electrons. The molecule has 2 fully saturated rings. The van der Waals surface area contributed by atoms with Gasteiger partial charge in [-0.15, -0.1) is 11.3 Å². The molecule has 9 nitrogen and oxygen atoms in total. The second-order valence-electron chi connectivity index (χ2n) is 8.16. The van der Waals surface area contributed by atoms with Crippen molar-refractivity contribution in [2.75, 3.05) is 36.4 Å². The van der Waals surface area contributed by atoms with Gasteiger partial charge < -0.3 is 19.9 Å². The molecule has 2 amide bonds. The average molecular weight is 458 g/mol. The number of ether oxygens (including phenoxy) is 1. The lowest BCUT2D eigenvalue weighted by Crippen LogP contribution is -2.52. The van der Waals surface area contributed by atoms with Crippen molar-refractivity contribution in [3.8, 4) is 0 Å². The van der Waals surface area contributed by atoms with E-state index in [4.69, 9.17) is 4.74 Å². The summed E-state index contributed by atoms with van der Waals surface area (Å²) in [4.78, 5) is 51.2. The molecule has 3 heterocycles. The molecule has 0 aromatic carbocycles. The average Bonchev–Trinajstić information content (AvgIpc) is 3.61. The van der Waals surface area contributed by atoms with Crippen LogP contribution in [0.3, 0.4) is 0 Å². The number of carbonyl (C=O) groups is 3. The number of amides is 2. The van der Waals surface area contributed by atoms with Crippen molar-refractivity contribution in [2.24, 2.45) is 5.92 Å². The first-order valence-corrected chi connectivity index (χ1v) is 11.6. The Kier molecular flexibility index (Phi) is 6.40. The third kappa shape index (κ3) is 4.74. The maximum atomic E-state index is 12.9. The van der Waals surface area contributed by atoms with Crippen LogP contribution in [0.2, 0.25) is 0 Å². The van der Waals surface area contributed by atoms with E-state index in [1.807, 2.05) is 18.7 Å². The second-order valence-corrected chi connectivity index (χ2v) is 9.38. The Morgan fingerprint density at radius 3 is 2.41 bits per heavy atom. The van der Waals surface area contributed by atoms with Gasteiger partial charge in [-0.05, 0) is 45.2 Å². The number of esters is 1. The van der Waals surface area contributed by atoms with Crippen LogP contribution in [-0.4, -0.2) is 64.9 Å². The smallest absolute Gasteiger partial charge is 0.342 e. The fraction of sp³-hybridized carbons (Fsp3) is 0.500. The molecule has 32 heavy (non-hydrogen) atoms. The van der Waals surface area contributed by atoms with Crippen LogP contribution in [0.1, 0.15) is 40.6 Å². The van der Waals surface area contributed by atoms with E-state index >= 15 is 0 Å². The van der Waals surface area contributed by atoms with Crippen molar-refractivity contribution >= 4 is 40.1 Å². The van der Waals surface area contributed by atoms with Gasteiger partial charge in [-0.25, -0.2) is 14.8 Å². The number of hydrogen-bond donors (Lipinski definition) is 1. The number of carbonyl (C=O) groups excluding carboxylic acids is 3. The highest BCUT2D eigenvalue weighted by Gasteiger charge is 2.33. The largest absolute Gasteiger partial charge is 0.449 e. The first kappa shape index (κ1) is 22.2. The number of nitrogens with zero attached hydrogens (tertiary/aromatic N) is 4. The topological polar surface area (TPSA) is 105 Å². The van der Waals surface area contributed by atoms with Crippen LogP contribution in [0.5, 0.6) is 0 Å². The molecule has 2 aromatic rings. The third-order valence-electron chi connectivity index (χ3n) is 5.83. The van der Waals surface area contributed by atoms with Gasteiger partial charge in [0.25, 0.3) is 5.91 Å². The highest BCUT2D eigenvalue weighted by Crippen LogP contribution is 2.36. The second kappa shape index (κ2) is 9.23. The minimum absolute atomic E-state index is 0.0297. The predicted octanol–water partition coefficient (Wildman–Crippen LogP) is 2.40. The van der Waals surface area contributed by atoms with Gasteiger partial charge in [0, 0.05) is 49.4 Å². The molecule has 2 aliphatic rings. The minimum atomic E-state index is -0.923. The molecule has 1 saturated carbocycles. The van der Waals surface area contributed by atoms with Crippen molar-refractivity contribution in [1.82, 2.24) is 14.9 Å². The van der Waals surface area contributed by atoms with Gasteiger partial charge in [0.2, 0.25) is 11.9 Å². The molecule has 2 aromatic heterocycles. The summed E-state index contributed by atoms with van der Waals surface area (Å²) in [7, 11) is 0. The van der Waals surface area contributed by atoms with Gasteiger partial charge in [0.05, 0.1) is 5.56 Å². The number of aromatic nitrogens is 2. The molecule has 0 radical (unpaired) electrons. The van der Waals surface area contributed by atoms with Crippen LogP contribution in [-0.2, 0) is 14.3 Å². The van der Waals surface area contributed by atoms with Crippen LogP contribution >= 0.6 is 11.3 Å². The fourth-order valence-corrected chi connectivity index (χ4v) is 4.68. The Hall–Kier alpha value is -3.01. The normalized spacial score (nSPS) is 17.1. The minimum Gasteiger partial charge on any atom is -0.449 e.